The molecule has 0 spiro atoms. The summed E-state index contributed by atoms with van der Waals surface area (Å²) in [7, 11) is -1.99. The molecular weight excluding hydrogens is 343 g/mol. The first-order chi connectivity index (χ1) is 12.0. The molecule has 3 rings (SSSR count). The van der Waals surface area contributed by atoms with E-state index in [-0.39, 0.29) is 5.56 Å². The number of rotatable bonds is 5. The fourth-order valence-corrected chi connectivity index (χ4v) is 4.54. The van der Waals surface area contributed by atoms with Crippen molar-refractivity contribution in [1.82, 2.24) is 18.6 Å². The number of benzene rings is 1. The van der Waals surface area contributed by atoms with Crippen molar-refractivity contribution in [3.8, 4) is 0 Å². The summed E-state index contributed by atoms with van der Waals surface area (Å²) in [5.41, 5.74) is 0.259. The predicted octanol–water partition coefficient (Wildman–Crippen LogP) is 2.36. The Morgan fingerprint density at radius 1 is 1.16 bits per heavy atom. The molecule has 2 heterocycles. The number of hydrogen-bond acceptors (Lipinski definition) is 3. The molecule has 0 unspecified atom stereocenters. The molecule has 0 bridgehead atoms. The Kier molecular flexibility index (Phi) is 5.51. The fraction of sp³-hybridized carbons (Fsp3) is 0.471. The number of nitrogens with zero attached hydrogens (tertiary/aromatic N) is 3. The Balaban J connectivity index is 1.95. The van der Waals surface area contributed by atoms with Gasteiger partial charge in [-0.25, -0.2) is 9.37 Å². The van der Waals surface area contributed by atoms with E-state index >= 15 is 0 Å². The van der Waals surface area contributed by atoms with Crippen molar-refractivity contribution in [3.05, 3.63) is 53.9 Å². The van der Waals surface area contributed by atoms with Crippen LogP contribution < -0.4 is 4.72 Å². The smallest absolute Gasteiger partial charge is 0.280 e. The second-order valence-corrected chi connectivity index (χ2v) is 7.99. The van der Waals surface area contributed by atoms with E-state index in [4.69, 9.17) is 0 Å². The van der Waals surface area contributed by atoms with Crippen molar-refractivity contribution < 1.29 is 12.8 Å². The molecular formula is C17H23FN4O2S. The Bertz CT molecular complexity index is 814. The molecule has 1 fully saturated rings. The number of nitrogens with one attached hydrogen (secondary N) is 1. The summed E-state index contributed by atoms with van der Waals surface area (Å²) in [5.74, 6) is -0.0161. The molecule has 1 aromatic heterocycles. The Morgan fingerprint density at radius 3 is 2.44 bits per heavy atom. The Morgan fingerprint density at radius 2 is 1.84 bits per heavy atom. The highest BCUT2D eigenvalue weighted by Crippen LogP contribution is 2.25. The molecule has 8 heteroatoms. The van der Waals surface area contributed by atoms with Gasteiger partial charge in [0.15, 0.2) is 0 Å². The molecule has 1 aromatic carbocycles. The second kappa shape index (κ2) is 7.63. The zero-order valence-corrected chi connectivity index (χ0v) is 15.0. The molecule has 2 aromatic rings. The third-order valence-electron chi connectivity index (χ3n) is 4.50. The average molecular weight is 366 g/mol. The standard InChI is InChI=1S/C17H23FN4O2S/c1-21-13-10-19-17(21)16(14-8-4-5-9-15(14)18)20-25(23,24)22-11-6-2-3-7-12-22/h4-5,8-10,13,16,20H,2-3,6-7,11-12H2,1H3/t16-/m0/s1. The number of hydrogen-bond donors (Lipinski definition) is 1. The van der Waals surface area contributed by atoms with Crippen molar-refractivity contribution in [2.75, 3.05) is 13.1 Å². The van der Waals surface area contributed by atoms with E-state index < -0.39 is 22.1 Å². The molecule has 0 saturated carbocycles. The largest absolute Gasteiger partial charge is 0.336 e. The van der Waals surface area contributed by atoms with Gasteiger partial charge < -0.3 is 4.57 Å². The van der Waals surface area contributed by atoms with Gasteiger partial charge in [-0.05, 0) is 18.9 Å². The van der Waals surface area contributed by atoms with E-state index in [0.717, 1.165) is 25.7 Å². The molecule has 0 aliphatic carbocycles. The lowest BCUT2D eigenvalue weighted by atomic mass is 10.1. The van der Waals surface area contributed by atoms with E-state index in [2.05, 4.69) is 9.71 Å². The van der Waals surface area contributed by atoms with E-state index in [9.17, 15) is 12.8 Å². The van der Waals surface area contributed by atoms with Gasteiger partial charge in [-0.1, -0.05) is 31.0 Å². The monoisotopic (exact) mass is 366 g/mol. The summed E-state index contributed by atoms with van der Waals surface area (Å²) in [4.78, 5) is 4.23. The number of halogens is 1. The molecule has 1 aliphatic rings. The van der Waals surface area contributed by atoms with Gasteiger partial charge >= 0.3 is 0 Å². The summed E-state index contributed by atoms with van der Waals surface area (Å²) in [6.45, 7) is 0.972. The maximum Gasteiger partial charge on any atom is 0.280 e. The highest BCUT2D eigenvalue weighted by molar-refractivity contribution is 7.87. The second-order valence-electron chi connectivity index (χ2n) is 6.29. The van der Waals surface area contributed by atoms with Crippen LogP contribution in [-0.4, -0.2) is 35.4 Å². The quantitative estimate of drug-likeness (QED) is 0.883. The lowest BCUT2D eigenvalue weighted by molar-refractivity contribution is 0.408. The SMILES string of the molecule is Cn1ccnc1[C@@H](NS(=O)(=O)N1CCCCCC1)c1ccccc1F. The minimum absolute atomic E-state index is 0.259. The third-order valence-corrected chi connectivity index (χ3v) is 6.08. The van der Waals surface area contributed by atoms with Gasteiger partial charge in [0.1, 0.15) is 17.7 Å². The summed E-state index contributed by atoms with van der Waals surface area (Å²) in [6.07, 6.45) is 7.03. The molecule has 0 radical (unpaired) electrons. The molecule has 0 amide bonds. The lowest BCUT2D eigenvalue weighted by Crippen LogP contribution is -2.43. The molecule has 1 atom stereocenters. The van der Waals surface area contributed by atoms with Crippen molar-refractivity contribution in [1.29, 1.82) is 0 Å². The normalized spacial score (nSPS) is 18.0. The van der Waals surface area contributed by atoms with E-state index in [1.54, 1.807) is 42.2 Å². The highest BCUT2D eigenvalue weighted by atomic mass is 32.2. The van der Waals surface area contributed by atoms with Crippen LogP contribution in [0, 0.1) is 5.82 Å². The summed E-state index contributed by atoms with van der Waals surface area (Å²) in [5, 5.41) is 0. The fourth-order valence-electron chi connectivity index (χ4n) is 3.13. The summed E-state index contributed by atoms with van der Waals surface area (Å²) >= 11 is 0. The summed E-state index contributed by atoms with van der Waals surface area (Å²) < 4.78 is 46.0. The molecule has 136 valence electrons. The van der Waals surface area contributed by atoms with Crippen LogP contribution in [0.1, 0.15) is 43.1 Å². The zero-order valence-electron chi connectivity index (χ0n) is 14.2. The maximum atomic E-state index is 14.4. The number of imidazole rings is 1. The Hall–Kier alpha value is -1.77. The first-order valence-electron chi connectivity index (χ1n) is 8.48. The molecule has 1 saturated heterocycles. The average Bonchev–Trinajstić information content (AvgIpc) is 2.84. The van der Waals surface area contributed by atoms with Crippen LogP contribution in [-0.2, 0) is 17.3 Å². The third kappa shape index (κ3) is 4.08. The molecule has 25 heavy (non-hydrogen) atoms. The molecule has 1 N–H and O–H groups in total. The van der Waals surface area contributed by atoms with E-state index in [1.807, 2.05) is 0 Å². The van der Waals surface area contributed by atoms with Gasteiger partial charge in [0, 0.05) is 38.1 Å². The highest BCUT2D eigenvalue weighted by Gasteiger charge is 2.30. The summed E-state index contributed by atoms with van der Waals surface area (Å²) in [6, 6.07) is 5.30. The van der Waals surface area contributed by atoms with Crippen LogP contribution in [0.3, 0.4) is 0 Å². The Labute approximate surface area is 147 Å². The topological polar surface area (TPSA) is 67.2 Å². The minimum atomic E-state index is -3.75. The van der Waals surface area contributed by atoms with Gasteiger partial charge in [0.2, 0.25) is 0 Å². The maximum absolute atomic E-state index is 14.4. The predicted molar refractivity (Wildman–Crippen MR) is 93.5 cm³/mol. The van der Waals surface area contributed by atoms with E-state index in [1.165, 1.54) is 10.4 Å². The first-order valence-corrected chi connectivity index (χ1v) is 9.92. The van der Waals surface area contributed by atoms with Crippen molar-refractivity contribution >= 4 is 10.2 Å². The van der Waals surface area contributed by atoms with Crippen LogP contribution in [0.25, 0.3) is 0 Å². The van der Waals surface area contributed by atoms with Gasteiger partial charge in [-0.15, -0.1) is 0 Å². The molecule has 6 nitrogen and oxygen atoms in total. The van der Waals surface area contributed by atoms with Crippen LogP contribution in [0.4, 0.5) is 4.39 Å². The van der Waals surface area contributed by atoms with Crippen molar-refractivity contribution in [2.24, 2.45) is 7.05 Å². The minimum Gasteiger partial charge on any atom is -0.336 e. The number of aromatic nitrogens is 2. The first kappa shape index (κ1) is 18.0. The zero-order chi connectivity index (χ0) is 17.9. The van der Waals surface area contributed by atoms with Crippen LogP contribution in [0.2, 0.25) is 0 Å². The van der Waals surface area contributed by atoms with Crippen LogP contribution in [0.15, 0.2) is 36.7 Å². The van der Waals surface area contributed by atoms with Gasteiger partial charge in [-0.3, -0.25) is 0 Å². The lowest BCUT2D eigenvalue weighted by Gasteiger charge is -2.25. The van der Waals surface area contributed by atoms with Crippen molar-refractivity contribution in [3.63, 3.8) is 0 Å². The van der Waals surface area contributed by atoms with Crippen LogP contribution in [0.5, 0.6) is 0 Å². The van der Waals surface area contributed by atoms with Crippen LogP contribution >= 0.6 is 0 Å². The van der Waals surface area contributed by atoms with Crippen molar-refractivity contribution in [2.45, 2.75) is 31.7 Å². The molecule has 1 aliphatic heterocycles. The van der Waals surface area contributed by atoms with Gasteiger partial charge in [0.05, 0.1) is 0 Å². The van der Waals surface area contributed by atoms with Gasteiger partial charge in [-0.2, -0.15) is 17.4 Å². The van der Waals surface area contributed by atoms with Gasteiger partial charge in [0.25, 0.3) is 10.2 Å². The number of aryl methyl sites for hydroxylation is 1. The van der Waals surface area contributed by atoms with E-state index in [0.29, 0.717) is 18.9 Å².